The number of sulfonamides is 1. The van der Waals surface area contributed by atoms with E-state index in [1.165, 1.54) is 53.8 Å². The lowest BCUT2D eigenvalue weighted by Gasteiger charge is -2.30. The molecule has 1 amide bonds. The number of methoxy groups -OCH3 is 2. The molecule has 0 atom stereocenters. The average molecular weight is 485 g/mol. The lowest BCUT2D eigenvalue weighted by Crippen LogP contribution is -2.41. The Balaban J connectivity index is 1.60. The molecule has 3 rings (SSSR count). The Morgan fingerprint density at radius 3 is 2.65 bits per heavy atom. The molecule has 1 N–H and O–H groups in total. The summed E-state index contributed by atoms with van der Waals surface area (Å²) in [4.78, 5) is 12.7. The highest BCUT2D eigenvalue weighted by molar-refractivity contribution is 8.01. The number of hydrogen-bond acceptors (Lipinski definition) is 9. The summed E-state index contributed by atoms with van der Waals surface area (Å²) in [6.45, 7) is 4.17. The molecule has 2 aromatic rings. The molecule has 9 nitrogen and oxygen atoms in total. The number of benzene rings is 1. The minimum Gasteiger partial charge on any atom is -0.493 e. The minimum absolute atomic E-state index is 0.131. The second kappa shape index (κ2) is 10.4. The van der Waals surface area contributed by atoms with E-state index in [2.05, 4.69) is 22.1 Å². The molecule has 2 heterocycles. The van der Waals surface area contributed by atoms with Gasteiger partial charge >= 0.3 is 0 Å². The summed E-state index contributed by atoms with van der Waals surface area (Å²) >= 11 is 2.80. The third-order valence-electron chi connectivity index (χ3n) is 4.78. The zero-order chi connectivity index (χ0) is 22.4. The van der Waals surface area contributed by atoms with E-state index in [1.807, 2.05) is 0 Å². The summed E-state index contributed by atoms with van der Waals surface area (Å²) in [5.74, 6) is 1.07. The van der Waals surface area contributed by atoms with Crippen LogP contribution in [0.4, 0.5) is 5.13 Å². The smallest absolute Gasteiger partial charge is 0.243 e. The number of rotatable bonds is 9. The standard InChI is InChI=1S/C19H24N4O5S3/c1-4-11-29-19-22-21-18(30-19)20-17(24)13-7-9-23(10-8-13)31(25,26)14-5-6-15(27-2)16(12-14)28-3/h4-6,12-13H,1,7-11H2,2-3H3,(H,20,21,24). The molecular formula is C19H24N4O5S3. The van der Waals surface area contributed by atoms with Crippen LogP contribution < -0.4 is 14.8 Å². The van der Waals surface area contributed by atoms with Crippen LogP contribution in [0.1, 0.15) is 12.8 Å². The van der Waals surface area contributed by atoms with Crippen molar-refractivity contribution < 1.29 is 22.7 Å². The predicted octanol–water partition coefficient (Wildman–Crippen LogP) is 2.87. The molecule has 1 fully saturated rings. The van der Waals surface area contributed by atoms with E-state index in [-0.39, 0.29) is 29.8 Å². The van der Waals surface area contributed by atoms with Gasteiger partial charge in [-0.1, -0.05) is 29.2 Å². The monoisotopic (exact) mass is 484 g/mol. The van der Waals surface area contributed by atoms with Crippen LogP contribution in [0, 0.1) is 5.92 Å². The van der Waals surface area contributed by atoms with E-state index in [4.69, 9.17) is 9.47 Å². The maximum atomic E-state index is 13.0. The quantitative estimate of drug-likeness (QED) is 0.329. The molecule has 31 heavy (non-hydrogen) atoms. The fourth-order valence-corrected chi connectivity index (χ4v) is 6.14. The van der Waals surface area contributed by atoms with Gasteiger partial charge in [0, 0.05) is 30.8 Å². The van der Waals surface area contributed by atoms with Crippen LogP contribution in [0.15, 0.2) is 40.1 Å². The average Bonchev–Trinajstić information content (AvgIpc) is 3.24. The van der Waals surface area contributed by atoms with Gasteiger partial charge in [0.1, 0.15) is 0 Å². The van der Waals surface area contributed by atoms with Gasteiger partial charge in [0.2, 0.25) is 21.1 Å². The van der Waals surface area contributed by atoms with Crippen molar-refractivity contribution in [3.8, 4) is 11.5 Å². The third kappa shape index (κ3) is 5.56. The normalized spacial score (nSPS) is 15.4. The van der Waals surface area contributed by atoms with Gasteiger partial charge in [-0.2, -0.15) is 4.31 Å². The number of nitrogens with zero attached hydrogens (tertiary/aromatic N) is 3. The molecule has 1 aromatic carbocycles. The van der Waals surface area contributed by atoms with E-state index < -0.39 is 10.0 Å². The van der Waals surface area contributed by atoms with Crippen LogP contribution in [0.25, 0.3) is 0 Å². The summed E-state index contributed by atoms with van der Waals surface area (Å²) in [5, 5.41) is 11.2. The van der Waals surface area contributed by atoms with Crippen LogP contribution in [0.5, 0.6) is 11.5 Å². The van der Waals surface area contributed by atoms with Crippen molar-refractivity contribution in [2.75, 3.05) is 38.4 Å². The van der Waals surface area contributed by atoms with E-state index in [9.17, 15) is 13.2 Å². The molecule has 0 radical (unpaired) electrons. The molecular weight excluding hydrogens is 460 g/mol. The predicted molar refractivity (Wildman–Crippen MR) is 120 cm³/mol. The minimum atomic E-state index is -3.70. The summed E-state index contributed by atoms with van der Waals surface area (Å²) in [6.07, 6.45) is 2.62. The highest BCUT2D eigenvalue weighted by Gasteiger charge is 2.33. The number of anilines is 1. The molecule has 1 aromatic heterocycles. The first kappa shape index (κ1) is 23.5. The largest absolute Gasteiger partial charge is 0.493 e. The van der Waals surface area contributed by atoms with Crippen molar-refractivity contribution in [3.63, 3.8) is 0 Å². The van der Waals surface area contributed by atoms with Crippen LogP contribution in [0.2, 0.25) is 0 Å². The molecule has 0 saturated carbocycles. The van der Waals surface area contributed by atoms with Gasteiger partial charge in [-0.05, 0) is 25.0 Å². The van der Waals surface area contributed by atoms with E-state index in [0.717, 1.165) is 10.1 Å². The Bertz CT molecular complexity index is 1030. The second-order valence-electron chi connectivity index (χ2n) is 6.66. The van der Waals surface area contributed by atoms with Gasteiger partial charge in [0.15, 0.2) is 15.8 Å². The highest BCUT2D eigenvalue weighted by Crippen LogP contribution is 2.32. The molecule has 0 aliphatic carbocycles. The summed E-state index contributed by atoms with van der Waals surface area (Å²) in [5.41, 5.74) is 0. The van der Waals surface area contributed by atoms with Crippen LogP contribution in [0.3, 0.4) is 0 Å². The fourth-order valence-electron chi connectivity index (χ4n) is 3.14. The number of thioether (sulfide) groups is 1. The number of amides is 1. The number of aromatic nitrogens is 2. The van der Waals surface area contributed by atoms with Gasteiger partial charge in [0.05, 0.1) is 19.1 Å². The van der Waals surface area contributed by atoms with E-state index in [0.29, 0.717) is 29.5 Å². The van der Waals surface area contributed by atoms with Crippen LogP contribution >= 0.6 is 23.1 Å². The Hall–Kier alpha value is -2.15. The number of ether oxygens (including phenoxy) is 2. The maximum absolute atomic E-state index is 13.0. The van der Waals surface area contributed by atoms with Crippen molar-refractivity contribution in [2.45, 2.75) is 22.1 Å². The van der Waals surface area contributed by atoms with Crippen LogP contribution in [-0.4, -0.2) is 61.9 Å². The molecule has 1 aliphatic rings. The van der Waals surface area contributed by atoms with Gasteiger partial charge in [-0.25, -0.2) is 8.42 Å². The molecule has 1 saturated heterocycles. The number of carbonyl (C=O) groups excluding carboxylic acids is 1. The fraction of sp³-hybridized carbons (Fsp3) is 0.421. The Morgan fingerprint density at radius 2 is 2.00 bits per heavy atom. The maximum Gasteiger partial charge on any atom is 0.243 e. The molecule has 0 unspecified atom stereocenters. The van der Waals surface area contributed by atoms with Gasteiger partial charge < -0.3 is 14.8 Å². The van der Waals surface area contributed by atoms with E-state index >= 15 is 0 Å². The highest BCUT2D eigenvalue weighted by atomic mass is 32.2. The molecule has 168 valence electrons. The lowest BCUT2D eigenvalue weighted by atomic mass is 9.97. The molecule has 1 aliphatic heterocycles. The van der Waals surface area contributed by atoms with Gasteiger partial charge in [-0.3, -0.25) is 4.79 Å². The summed E-state index contributed by atoms with van der Waals surface area (Å²) in [6, 6.07) is 4.51. The van der Waals surface area contributed by atoms with Crippen LogP contribution in [-0.2, 0) is 14.8 Å². The topological polar surface area (TPSA) is 111 Å². The van der Waals surface area contributed by atoms with Gasteiger partial charge in [0.25, 0.3) is 0 Å². The molecule has 0 bridgehead atoms. The third-order valence-corrected chi connectivity index (χ3v) is 8.64. The first-order chi connectivity index (χ1) is 14.9. The first-order valence-corrected chi connectivity index (χ1v) is 12.7. The van der Waals surface area contributed by atoms with Gasteiger partial charge in [-0.15, -0.1) is 16.8 Å². The Labute approximate surface area is 189 Å². The van der Waals surface area contributed by atoms with Crippen molar-refractivity contribution in [1.82, 2.24) is 14.5 Å². The molecule has 0 spiro atoms. The zero-order valence-corrected chi connectivity index (χ0v) is 19.7. The molecule has 12 heteroatoms. The van der Waals surface area contributed by atoms with E-state index in [1.54, 1.807) is 12.1 Å². The van der Waals surface area contributed by atoms with Crippen molar-refractivity contribution >= 4 is 44.2 Å². The summed E-state index contributed by atoms with van der Waals surface area (Å²) in [7, 11) is -0.752. The van der Waals surface area contributed by atoms with Crippen molar-refractivity contribution in [2.24, 2.45) is 5.92 Å². The Morgan fingerprint density at radius 1 is 1.29 bits per heavy atom. The number of nitrogens with one attached hydrogen (secondary N) is 1. The Kier molecular flexibility index (Phi) is 7.92. The second-order valence-corrected chi connectivity index (χ2v) is 10.8. The zero-order valence-electron chi connectivity index (χ0n) is 17.2. The first-order valence-electron chi connectivity index (χ1n) is 9.49. The summed E-state index contributed by atoms with van der Waals surface area (Å²) < 4.78 is 38.6. The SMILES string of the molecule is C=CCSc1nnc(NC(=O)C2CCN(S(=O)(=O)c3ccc(OC)c(OC)c3)CC2)s1. The van der Waals surface area contributed by atoms with Crippen molar-refractivity contribution in [3.05, 3.63) is 30.9 Å². The van der Waals surface area contributed by atoms with Crippen molar-refractivity contribution in [1.29, 1.82) is 0 Å². The number of carbonyl (C=O) groups is 1. The number of piperidine rings is 1. The lowest BCUT2D eigenvalue weighted by molar-refractivity contribution is -0.120. The number of hydrogen-bond donors (Lipinski definition) is 1.